The van der Waals surface area contributed by atoms with E-state index >= 15 is 0 Å². The Kier molecular flexibility index (Phi) is 7.45. The molecule has 1 aromatic heterocycles. The number of rotatable bonds is 6. The van der Waals surface area contributed by atoms with Crippen molar-refractivity contribution in [2.75, 3.05) is 20.1 Å². The van der Waals surface area contributed by atoms with Crippen molar-refractivity contribution in [1.82, 2.24) is 20.5 Å². The van der Waals surface area contributed by atoms with Gasteiger partial charge in [-0.1, -0.05) is 31.2 Å². The molecular weight excluding hydrogens is 366 g/mol. The van der Waals surface area contributed by atoms with E-state index in [1.165, 1.54) is 41.9 Å². The van der Waals surface area contributed by atoms with Crippen LogP contribution in [-0.2, 0) is 19.6 Å². The lowest BCUT2D eigenvalue weighted by Gasteiger charge is -2.30. The monoisotopic (exact) mass is 399 g/mol. The Morgan fingerprint density at radius 1 is 1.18 bits per heavy atom. The smallest absolute Gasteiger partial charge is 0.191 e. The van der Waals surface area contributed by atoms with Crippen LogP contribution in [0.25, 0.3) is 0 Å². The predicted molar refractivity (Wildman–Crippen MR) is 119 cm³/mol. The minimum atomic E-state index is 0.754. The third-order valence-electron chi connectivity index (χ3n) is 5.27. The molecule has 1 atom stereocenters. The number of aromatic nitrogens is 1. The van der Waals surface area contributed by atoms with Crippen molar-refractivity contribution in [1.29, 1.82) is 0 Å². The van der Waals surface area contributed by atoms with Gasteiger partial charge in [-0.25, -0.2) is 4.98 Å². The average Bonchev–Trinajstić information content (AvgIpc) is 3.00. The highest BCUT2D eigenvalue weighted by Crippen LogP contribution is 2.18. The van der Waals surface area contributed by atoms with Gasteiger partial charge in [-0.2, -0.15) is 0 Å². The van der Waals surface area contributed by atoms with Crippen LogP contribution in [0.1, 0.15) is 46.5 Å². The maximum atomic E-state index is 4.48. The quantitative estimate of drug-likeness (QED) is 0.572. The van der Waals surface area contributed by atoms with Crippen molar-refractivity contribution in [3.05, 3.63) is 51.0 Å². The second-order valence-electron chi connectivity index (χ2n) is 7.82. The SMILES string of the molecule is CN=C(NCc1ccc(CN2CCCC(C)C2)cc1)NCc1sc(C)nc1C. The molecular formula is C22H33N5S. The number of thiazole rings is 1. The van der Waals surface area contributed by atoms with E-state index in [0.717, 1.165) is 42.2 Å². The first-order chi connectivity index (χ1) is 13.5. The molecule has 28 heavy (non-hydrogen) atoms. The molecule has 1 saturated heterocycles. The Balaban J connectivity index is 1.46. The van der Waals surface area contributed by atoms with Crippen LogP contribution < -0.4 is 10.6 Å². The zero-order valence-electron chi connectivity index (χ0n) is 17.6. The highest BCUT2D eigenvalue weighted by Gasteiger charge is 2.16. The molecule has 1 unspecified atom stereocenters. The molecule has 6 heteroatoms. The largest absolute Gasteiger partial charge is 0.352 e. The number of likely N-dealkylation sites (tertiary alicyclic amines) is 1. The standard InChI is InChI=1S/C22H33N5S/c1-16-6-5-11-27(14-16)15-20-9-7-19(8-10-20)12-24-22(23-4)25-13-21-17(2)26-18(3)28-21/h7-10,16H,5-6,11-15H2,1-4H3,(H2,23,24,25). The summed E-state index contributed by atoms with van der Waals surface area (Å²) >= 11 is 1.74. The minimum absolute atomic E-state index is 0.754. The molecule has 1 fully saturated rings. The van der Waals surface area contributed by atoms with E-state index in [4.69, 9.17) is 0 Å². The lowest BCUT2D eigenvalue weighted by atomic mass is 9.99. The summed E-state index contributed by atoms with van der Waals surface area (Å²) in [4.78, 5) is 12.6. The van der Waals surface area contributed by atoms with Gasteiger partial charge in [-0.3, -0.25) is 9.89 Å². The summed E-state index contributed by atoms with van der Waals surface area (Å²) in [6.45, 7) is 11.5. The summed E-state index contributed by atoms with van der Waals surface area (Å²) in [5, 5.41) is 7.89. The molecule has 1 aromatic carbocycles. The van der Waals surface area contributed by atoms with Gasteiger partial charge < -0.3 is 10.6 Å². The zero-order chi connectivity index (χ0) is 19.9. The first-order valence-electron chi connectivity index (χ1n) is 10.2. The first kappa shape index (κ1) is 20.8. The maximum absolute atomic E-state index is 4.48. The van der Waals surface area contributed by atoms with Crippen molar-refractivity contribution in [2.45, 2.75) is 53.2 Å². The second-order valence-corrected chi connectivity index (χ2v) is 9.11. The molecule has 0 amide bonds. The lowest BCUT2D eigenvalue weighted by Crippen LogP contribution is -2.36. The van der Waals surface area contributed by atoms with E-state index in [0.29, 0.717) is 0 Å². The summed E-state index contributed by atoms with van der Waals surface area (Å²) in [5.74, 6) is 1.64. The van der Waals surface area contributed by atoms with Gasteiger partial charge in [0.15, 0.2) is 5.96 Å². The van der Waals surface area contributed by atoms with Crippen LogP contribution in [0.15, 0.2) is 29.3 Å². The number of nitrogens with zero attached hydrogens (tertiary/aromatic N) is 3. The number of nitrogens with one attached hydrogen (secondary N) is 2. The molecule has 0 spiro atoms. The molecule has 152 valence electrons. The minimum Gasteiger partial charge on any atom is -0.352 e. The van der Waals surface area contributed by atoms with Gasteiger partial charge in [0, 0.05) is 31.6 Å². The normalized spacial score (nSPS) is 18.3. The summed E-state index contributed by atoms with van der Waals surface area (Å²) in [5.41, 5.74) is 3.77. The van der Waals surface area contributed by atoms with Crippen molar-refractivity contribution in [3.8, 4) is 0 Å². The molecule has 2 heterocycles. The zero-order valence-corrected chi connectivity index (χ0v) is 18.4. The summed E-state index contributed by atoms with van der Waals surface area (Å²) < 4.78 is 0. The van der Waals surface area contributed by atoms with E-state index in [-0.39, 0.29) is 0 Å². The van der Waals surface area contributed by atoms with Gasteiger partial charge in [0.05, 0.1) is 17.2 Å². The molecule has 1 aliphatic rings. The number of piperidine rings is 1. The van der Waals surface area contributed by atoms with Crippen LogP contribution in [0.5, 0.6) is 0 Å². The summed E-state index contributed by atoms with van der Waals surface area (Å²) in [6, 6.07) is 8.96. The molecule has 0 bridgehead atoms. The van der Waals surface area contributed by atoms with Crippen molar-refractivity contribution in [3.63, 3.8) is 0 Å². The average molecular weight is 400 g/mol. The number of hydrogen-bond donors (Lipinski definition) is 2. The second kappa shape index (κ2) is 10.0. The number of aryl methyl sites for hydroxylation is 2. The third kappa shape index (κ3) is 6.04. The van der Waals surface area contributed by atoms with Gasteiger partial charge in [-0.05, 0) is 50.3 Å². The van der Waals surface area contributed by atoms with Crippen molar-refractivity contribution < 1.29 is 0 Å². The van der Waals surface area contributed by atoms with Crippen molar-refractivity contribution >= 4 is 17.3 Å². The van der Waals surface area contributed by atoms with Crippen LogP contribution in [-0.4, -0.2) is 36.0 Å². The fourth-order valence-corrected chi connectivity index (χ4v) is 4.64. The van der Waals surface area contributed by atoms with Crippen LogP contribution in [0.4, 0.5) is 0 Å². The number of aliphatic imine (C=N–C) groups is 1. The van der Waals surface area contributed by atoms with E-state index in [1.54, 1.807) is 11.3 Å². The highest BCUT2D eigenvalue weighted by molar-refractivity contribution is 7.11. The number of guanidine groups is 1. The van der Waals surface area contributed by atoms with Crippen LogP contribution in [0.3, 0.4) is 0 Å². The maximum Gasteiger partial charge on any atom is 0.191 e. The number of hydrogen-bond acceptors (Lipinski definition) is 4. The van der Waals surface area contributed by atoms with E-state index in [1.807, 2.05) is 14.0 Å². The number of benzene rings is 1. The third-order valence-corrected chi connectivity index (χ3v) is 6.34. The van der Waals surface area contributed by atoms with Gasteiger partial charge in [-0.15, -0.1) is 11.3 Å². The Morgan fingerprint density at radius 2 is 1.89 bits per heavy atom. The topological polar surface area (TPSA) is 52.6 Å². The molecule has 0 radical (unpaired) electrons. The summed E-state index contributed by atoms with van der Waals surface area (Å²) in [7, 11) is 1.81. The van der Waals surface area contributed by atoms with E-state index in [9.17, 15) is 0 Å². The Hall–Kier alpha value is -1.92. The van der Waals surface area contributed by atoms with Crippen LogP contribution in [0, 0.1) is 19.8 Å². The molecule has 5 nitrogen and oxygen atoms in total. The molecule has 2 N–H and O–H groups in total. The Morgan fingerprint density at radius 3 is 2.54 bits per heavy atom. The van der Waals surface area contributed by atoms with Gasteiger partial charge >= 0.3 is 0 Å². The van der Waals surface area contributed by atoms with Gasteiger partial charge in [0.2, 0.25) is 0 Å². The highest BCUT2D eigenvalue weighted by atomic mass is 32.1. The molecule has 2 aromatic rings. The predicted octanol–water partition coefficient (Wildman–Crippen LogP) is 3.86. The van der Waals surface area contributed by atoms with Gasteiger partial charge in [0.1, 0.15) is 0 Å². The van der Waals surface area contributed by atoms with E-state index in [2.05, 4.69) is 63.6 Å². The van der Waals surface area contributed by atoms with Crippen LogP contribution >= 0.6 is 11.3 Å². The Bertz CT molecular complexity index is 781. The molecule has 3 rings (SSSR count). The molecule has 0 saturated carbocycles. The fourth-order valence-electron chi connectivity index (χ4n) is 3.76. The van der Waals surface area contributed by atoms with Crippen LogP contribution in [0.2, 0.25) is 0 Å². The fraction of sp³-hybridized carbons (Fsp3) is 0.545. The first-order valence-corrected chi connectivity index (χ1v) is 11.0. The summed E-state index contributed by atoms with van der Waals surface area (Å²) in [6.07, 6.45) is 2.70. The van der Waals surface area contributed by atoms with Crippen molar-refractivity contribution in [2.24, 2.45) is 10.9 Å². The molecule has 1 aliphatic heterocycles. The van der Waals surface area contributed by atoms with Gasteiger partial charge in [0.25, 0.3) is 0 Å². The van der Waals surface area contributed by atoms with E-state index < -0.39 is 0 Å². The Labute approximate surface area is 173 Å². The molecule has 0 aliphatic carbocycles. The lowest BCUT2D eigenvalue weighted by molar-refractivity contribution is 0.176.